The molecule has 158 valence electrons. The van der Waals surface area contributed by atoms with Crippen molar-refractivity contribution >= 4 is 17.7 Å². The molecule has 2 aromatic rings. The zero-order valence-corrected chi connectivity index (χ0v) is 17.9. The van der Waals surface area contributed by atoms with Crippen molar-refractivity contribution in [2.75, 3.05) is 52.3 Å². The van der Waals surface area contributed by atoms with Crippen molar-refractivity contribution in [1.29, 1.82) is 0 Å². The highest BCUT2D eigenvalue weighted by Gasteiger charge is 2.13. The molecular weight excluding hydrogens is 390 g/mol. The van der Waals surface area contributed by atoms with Crippen LogP contribution in [-0.4, -0.2) is 68.0 Å². The summed E-state index contributed by atoms with van der Waals surface area (Å²) in [6.07, 6.45) is 0.962. The van der Waals surface area contributed by atoms with E-state index in [1.54, 1.807) is 18.9 Å². The van der Waals surface area contributed by atoms with Crippen LogP contribution in [0.15, 0.2) is 28.7 Å². The van der Waals surface area contributed by atoms with E-state index >= 15 is 0 Å². The van der Waals surface area contributed by atoms with Crippen molar-refractivity contribution in [3.05, 3.63) is 35.7 Å². The van der Waals surface area contributed by atoms with Crippen LogP contribution in [0.1, 0.15) is 17.9 Å². The molecule has 3 rings (SSSR count). The lowest BCUT2D eigenvalue weighted by Gasteiger charge is -2.26. The Morgan fingerprint density at radius 2 is 2.03 bits per heavy atom. The summed E-state index contributed by atoms with van der Waals surface area (Å²) < 4.78 is 16.3. The minimum Gasteiger partial charge on any atom is -0.497 e. The van der Waals surface area contributed by atoms with Gasteiger partial charge in [0.2, 0.25) is 11.8 Å². The minimum absolute atomic E-state index is 0.0634. The number of nitrogens with one attached hydrogen (secondary N) is 1. The smallest absolute Gasteiger partial charge is 0.230 e. The quantitative estimate of drug-likeness (QED) is 0.594. The van der Waals surface area contributed by atoms with E-state index < -0.39 is 0 Å². The van der Waals surface area contributed by atoms with E-state index in [1.165, 1.54) is 0 Å². The second-order valence-corrected chi connectivity index (χ2v) is 7.89. The second kappa shape index (κ2) is 11.2. The Morgan fingerprint density at radius 3 is 2.76 bits per heavy atom. The fourth-order valence-electron chi connectivity index (χ4n) is 3.07. The summed E-state index contributed by atoms with van der Waals surface area (Å²) in [5.41, 5.74) is 1.78. The molecule has 2 heterocycles. The number of methoxy groups -OCH3 is 1. The van der Waals surface area contributed by atoms with E-state index in [0.717, 1.165) is 62.0 Å². The number of morpholine rings is 1. The summed E-state index contributed by atoms with van der Waals surface area (Å²) in [6.45, 7) is 7.21. The highest BCUT2D eigenvalue weighted by Crippen LogP contribution is 2.25. The van der Waals surface area contributed by atoms with E-state index in [2.05, 4.69) is 15.2 Å². The molecule has 1 N–H and O–H groups in total. The van der Waals surface area contributed by atoms with Gasteiger partial charge in [-0.2, -0.15) is 0 Å². The van der Waals surface area contributed by atoms with Gasteiger partial charge >= 0.3 is 0 Å². The van der Waals surface area contributed by atoms with Crippen LogP contribution in [-0.2, 0) is 15.3 Å². The summed E-state index contributed by atoms with van der Waals surface area (Å²) in [7, 11) is 1.64. The Bertz CT molecular complexity index is 773. The first-order valence-corrected chi connectivity index (χ1v) is 11.1. The molecule has 7 nitrogen and oxygen atoms in total. The molecule has 0 bridgehead atoms. The fraction of sp³-hybridized carbons (Fsp3) is 0.524. The molecule has 0 radical (unpaired) electrons. The Morgan fingerprint density at radius 1 is 1.28 bits per heavy atom. The number of nitrogens with zero attached hydrogens (tertiary/aromatic N) is 2. The van der Waals surface area contributed by atoms with E-state index in [4.69, 9.17) is 13.9 Å². The summed E-state index contributed by atoms with van der Waals surface area (Å²) in [5.74, 6) is 3.30. The minimum atomic E-state index is 0.0634. The average Bonchev–Trinajstić information content (AvgIpc) is 3.12. The Kier molecular flexibility index (Phi) is 8.39. The maximum Gasteiger partial charge on any atom is 0.230 e. The SMILES string of the molecule is COc1ccc(-c2nc(CSCC(=O)NCCCN3CCOCC3)c(C)o2)cc1. The molecule has 1 aromatic carbocycles. The van der Waals surface area contributed by atoms with Gasteiger partial charge in [0, 0.05) is 31.0 Å². The lowest BCUT2D eigenvalue weighted by Crippen LogP contribution is -2.38. The second-order valence-electron chi connectivity index (χ2n) is 6.90. The Balaban J connectivity index is 1.36. The monoisotopic (exact) mass is 419 g/mol. The van der Waals surface area contributed by atoms with Gasteiger partial charge in [-0.1, -0.05) is 0 Å². The third-order valence-electron chi connectivity index (χ3n) is 4.78. The molecule has 1 aliphatic heterocycles. The molecule has 1 amide bonds. The van der Waals surface area contributed by atoms with Crippen LogP contribution in [0.4, 0.5) is 0 Å². The van der Waals surface area contributed by atoms with Crippen LogP contribution in [0.5, 0.6) is 5.75 Å². The largest absolute Gasteiger partial charge is 0.497 e. The van der Waals surface area contributed by atoms with Crippen molar-refractivity contribution in [3.63, 3.8) is 0 Å². The van der Waals surface area contributed by atoms with Crippen LogP contribution in [0, 0.1) is 6.92 Å². The normalized spacial score (nSPS) is 14.7. The van der Waals surface area contributed by atoms with Crippen LogP contribution in [0.25, 0.3) is 11.5 Å². The fourth-order valence-corrected chi connectivity index (χ4v) is 3.92. The number of hydrogen-bond donors (Lipinski definition) is 1. The maximum atomic E-state index is 12.0. The van der Waals surface area contributed by atoms with Gasteiger partial charge < -0.3 is 19.2 Å². The van der Waals surface area contributed by atoms with Gasteiger partial charge in [0.25, 0.3) is 0 Å². The van der Waals surface area contributed by atoms with Crippen molar-refractivity contribution < 1.29 is 18.7 Å². The number of oxazole rings is 1. The van der Waals surface area contributed by atoms with Crippen molar-refractivity contribution in [2.45, 2.75) is 19.1 Å². The molecule has 8 heteroatoms. The summed E-state index contributed by atoms with van der Waals surface area (Å²) in [5, 5.41) is 2.99. The number of aromatic nitrogens is 1. The number of aryl methyl sites for hydroxylation is 1. The van der Waals surface area contributed by atoms with Gasteiger partial charge in [-0.05, 0) is 44.2 Å². The molecule has 1 fully saturated rings. The lowest BCUT2D eigenvalue weighted by molar-refractivity contribution is -0.118. The van der Waals surface area contributed by atoms with Crippen LogP contribution < -0.4 is 10.1 Å². The number of carbonyl (C=O) groups is 1. The molecule has 0 atom stereocenters. The molecule has 0 spiro atoms. The molecule has 0 unspecified atom stereocenters. The molecule has 1 aromatic heterocycles. The standard InChI is InChI=1S/C21H29N3O4S/c1-16-19(23-21(28-16)17-4-6-18(26-2)7-5-17)14-29-15-20(25)22-8-3-9-24-10-12-27-13-11-24/h4-7H,3,8-15H2,1-2H3,(H,22,25). The Labute approximate surface area is 176 Å². The number of amides is 1. The first kappa shape index (κ1) is 21.7. The molecule has 29 heavy (non-hydrogen) atoms. The molecule has 0 saturated carbocycles. The van der Waals surface area contributed by atoms with E-state index in [9.17, 15) is 4.79 Å². The lowest BCUT2D eigenvalue weighted by atomic mass is 10.2. The van der Waals surface area contributed by atoms with Gasteiger partial charge in [0.05, 0.1) is 31.8 Å². The zero-order valence-electron chi connectivity index (χ0n) is 17.1. The average molecular weight is 420 g/mol. The van der Waals surface area contributed by atoms with Crippen molar-refractivity contribution in [2.24, 2.45) is 0 Å². The van der Waals surface area contributed by atoms with Gasteiger partial charge in [-0.25, -0.2) is 4.98 Å². The van der Waals surface area contributed by atoms with Crippen molar-refractivity contribution in [1.82, 2.24) is 15.2 Å². The van der Waals surface area contributed by atoms with Gasteiger partial charge in [0.1, 0.15) is 11.5 Å². The maximum absolute atomic E-state index is 12.0. The molecule has 1 saturated heterocycles. The predicted molar refractivity (Wildman–Crippen MR) is 114 cm³/mol. The molecule has 0 aliphatic carbocycles. The summed E-state index contributed by atoms with van der Waals surface area (Å²) in [4.78, 5) is 19.0. The summed E-state index contributed by atoms with van der Waals surface area (Å²) >= 11 is 1.55. The third kappa shape index (κ3) is 6.76. The van der Waals surface area contributed by atoms with Crippen molar-refractivity contribution in [3.8, 4) is 17.2 Å². The third-order valence-corrected chi connectivity index (χ3v) is 5.72. The van der Waals surface area contributed by atoms with Gasteiger partial charge in [-0.3, -0.25) is 9.69 Å². The van der Waals surface area contributed by atoms with Gasteiger partial charge in [-0.15, -0.1) is 11.8 Å². The topological polar surface area (TPSA) is 76.8 Å². The number of thioether (sulfide) groups is 1. The first-order chi connectivity index (χ1) is 14.2. The van der Waals surface area contributed by atoms with Crippen LogP contribution >= 0.6 is 11.8 Å². The Hall–Kier alpha value is -2.03. The number of carbonyl (C=O) groups excluding carboxylic acids is 1. The van der Waals surface area contributed by atoms with E-state index in [-0.39, 0.29) is 5.91 Å². The van der Waals surface area contributed by atoms with Crippen LogP contribution in [0.2, 0.25) is 0 Å². The first-order valence-electron chi connectivity index (χ1n) is 9.91. The van der Waals surface area contributed by atoms with E-state index in [1.807, 2.05) is 31.2 Å². The molecule has 1 aliphatic rings. The highest BCUT2D eigenvalue weighted by atomic mass is 32.2. The number of rotatable bonds is 10. The van der Waals surface area contributed by atoms with E-state index in [0.29, 0.717) is 23.9 Å². The molecular formula is C21H29N3O4S. The highest BCUT2D eigenvalue weighted by molar-refractivity contribution is 7.99. The predicted octanol–water partition coefficient (Wildman–Crippen LogP) is 2.73. The number of benzene rings is 1. The summed E-state index contributed by atoms with van der Waals surface area (Å²) in [6, 6.07) is 7.61. The zero-order chi connectivity index (χ0) is 20.5. The number of hydrogen-bond acceptors (Lipinski definition) is 7. The number of ether oxygens (including phenoxy) is 2. The van der Waals surface area contributed by atoms with Crippen LogP contribution in [0.3, 0.4) is 0 Å². The van der Waals surface area contributed by atoms with Gasteiger partial charge in [0.15, 0.2) is 0 Å².